The van der Waals surface area contributed by atoms with Crippen molar-refractivity contribution in [1.82, 2.24) is 4.90 Å². The molecule has 1 aliphatic heterocycles. The van der Waals surface area contributed by atoms with Crippen LogP contribution in [0.15, 0.2) is 22.8 Å². The zero-order valence-corrected chi connectivity index (χ0v) is 12.7. The first-order chi connectivity index (χ1) is 9.40. The van der Waals surface area contributed by atoms with Gasteiger partial charge in [-0.25, -0.2) is 8.42 Å². The molecule has 0 aliphatic carbocycles. The molecule has 2 heterocycles. The third-order valence-electron chi connectivity index (χ3n) is 3.68. The molecule has 1 saturated heterocycles. The van der Waals surface area contributed by atoms with E-state index in [0.29, 0.717) is 31.7 Å². The zero-order chi connectivity index (χ0) is 14.8. The number of amides is 1. The molecular weight excluding hydrogens is 278 g/mol. The summed E-state index contributed by atoms with van der Waals surface area (Å²) in [7, 11) is -3.21. The first-order valence-electron chi connectivity index (χ1n) is 6.93. The summed E-state index contributed by atoms with van der Waals surface area (Å²) >= 11 is 0. The van der Waals surface area contributed by atoms with Gasteiger partial charge in [0.1, 0.15) is 11.5 Å². The van der Waals surface area contributed by atoms with Gasteiger partial charge in [0.25, 0.3) is 0 Å². The summed E-state index contributed by atoms with van der Waals surface area (Å²) in [6.45, 7) is 4.78. The van der Waals surface area contributed by atoms with Crippen LogP contribution in [0.4, 0.5) is 0 Å². The maximum atomic E-state index is 12.3. The molecule has 1 aromatic rings. The first-order valence-corrected chi connectivity index (χ1v) is 8.64. The van der Waals surface area contributed by atoms with Crippen molar-refractivity contribution in [2.75, 3.05) is 13.1 Å². The van der Waals surface area contributed by atoms with Gasteiger partial charge in [0.2, 0.25) is 5.91 Å². The Bertz CT molecular complexity index is 540. The van der Waals surface area contributed by atoms with Gasteiger partial charge in [0, 0.05) is 19.0 Å². The molecule has 5 nitrogen and oxygen atoms in total. The van der Waals surface area contributed by atoms with Crippen LogP contribution in [0.3, 0.4) is 0 Å². The van der Waals surface area contributed by atoms with Crippen LogP contribution in [-0.2, 0) is 20.4 Å². The Morgan fingerprint density at radius 2 is 2.05 bits per heavy atom. The van der Waals surface area contributed by atoms with E-state index in [1.54, 1.807) is 17.0 Å². The van der Waals surface area contributed by atoms with Crippen molar-refractivity contribution < 1.29 is 17.6 Å². The SMILES string of the molecule is CC(C)C(=O)N1CCC(S(=O)(=O)Cc2ccco2)CC1. The molecule has 0 saturated carbocycles. The molecule has 2 rings (SSSR count). The normalized spacial score (nSPS) is 17.6. The van der Waals surface area contributed by atoms with Crippen molar-refractivity contribution in [2.24, 2.45) is 5.92 Å². The number of sulfone groups is 1. The number of carbonyl (C=O) groups excluding carboxylic acids is 1. The Kier molecular flexibility index (Phi) is 4.52. The van der Waals surface area contributed by atoms with Gasteiger partial charge in [0.05, 0.1) is 11.5 Å². The number of hydrogen-bond donors (Lipinski definition) is 0. The number of carbonyl (C=O) groups is 1. The van der Waals surface area contributed by atoms with Crippen molar-refractivity contribution in [3.05, 3.63) is 24.2 Å². The minimum Gasteiger partial charge on any atom is -0.468 e. The average Bonchev–Trinajstić information content (AvgIpc) is 2.90. The van der Waals surface area contributed by atoms with E-state index in [-0.39, 0.29) is 22.8 Å². The molecule has 6 heteroatoms. The van der Waals surface area contributed by atoms with Gasteiger partial charge in [-0.15, -0.1) is 0 Å². The van der Waals surface area contributed by atoms with Crippen LogP contribution < -0.4 is 0 Å². The van der Waals surface area contributed by atoms with Crippen LogP contribution in [0.25, 0.3) is 0 Å². The smallest absolute Gasteiger partial charge is 0.225 e. The summed E-state index contributed by atoms with van der Waals surface area (Å²) in [4.78, 5) is 13.6. The predicted octanol–water partition coefficient (Wildman–Crippen LogP) is 1.84. The van der Waals surface area contributed by atoms with Crippen LogP contribution in [0, 0.1) is 5.92 Å². The van der Waals surface area contributed by atoms with Gasteiger partial charge in [-0.3, -0.25) is 4.79 Å². The van der Waals surface area contributed by atoms with Gasteiger partial charge in [0.15, 0.2) is 9.84 Å². The molecule has 20 heavy (non-hydrogen) atoms. The maximum absolute atomic E-state index is 12.3. The fourth-order valence-electron chi connectivity index (χ4n) is 2.51. The third kappa shape index (κ3) is 3.42. The molecule has 0 N–H and O–H groups in total. The van der Waals surface area contributed by atoms with Crippen LogP contribution in [0.1, 0.15) is 32.4 Å². The Balaban J connectivity index is 1.94. The molecule has 0 aromatic carbocycles. The van der Waals surface area contributed by atoms with E-state index in [2.05, 4.69) is 0 Å². The topological polar surface area (TPSA) is 67.6 Å². The number of likely N-dealkylation sites (tertiary alicyclic amines) is 1. The van der Waals surface area contributed by atoms with Crippen molar-refractivity contribution in [3.63, 3.8) is 0 Å². The highest BCUT2D eigenvalue weighted by molar-refractivity contribution is 7.91. The highest BCUT2D eigenvalue weighted by Gasteiger charge is 2.32. The molecule has 1 amide bonds. The maximum Gasteiger partial charge on any atom is 0.225 e. The molecule has 0 atom stereocenters. The Morgan fingerprint density at radius 1 is 1.40 bits per heavy atom. The van der Waals surface area contributed by atoms with Gasteiger partial charge < -0.3 is 9.32 Å². The number of furan rings is 1. The van der Waals surface area contributed by atoms with Crippen LogP contribution in [-0.4, -0.2) is 37.6 Å². The molecule has 1 fully saturated rings. The van der Waals surface area contributed by atoms with Crippen LogP contribution >= 0.6 is 0 Å². The number of rotatable bonds is 4. The standard InChI is InChI=1S/C14H21NO4S/c1-11(2)14(16)15-7-5-13(6-8-15)20(17,18)10-12-4-3-9-19-12/h3-4,9,11,13H,5-8,10H2,1-2H3. The van der Waals surface area contributed by atoms with Gasteiger partial charge in [-0.1, -0.05) is 13.8 Å². The van der Waals surface area contributed by atoms with Crippen LogP contribution in [0.5, 0.6) is 0 Å². The van der Waals surface area contributed by atoms with E-state index in [1.165, 1.54) is 6.26 Å². The minimum atomic E-state index is -3.21. The molecule has 1 aromatic heterocycles. The predicted molar refractivity (Wildman–Crippen MR) is 75.8 cm³/mol. The summed E-state index contributed by atoms with van der Waals surface area (Å²) in [6, 6.07) is 3.36. The van der Waals surface area contributed by atoms with Crippen molar-refractivity contribution >= 4 is 15.7 Å². The minimum absolute atomic E-state index is 0.0359. The van der Waals surface area contributed by atoms with Gasteiger partial charge >= 0.3 is 0 Å². The highest BCUT2D eigenvalue weighted by Crippen LogP contribution is 2.22. The Hall–Kier alpha value is -1.30. The monoisotopic (exact) mass is 299 g/mol. The Labute approximate surface area is 119 Å². The summed E-state index contributed by atoms with van der Waals surface area (Å²) in [5.41, 5.74) is 0. The largest absolute Gasteiger partial charge is 0.468 e. The van der Waals surface area contributed by atoms with E-state index in [4.69, 9.17) is 4.42 Å². The molecule has 0 unspecified atom stereocenters. The molecule has 0 radical (unpaired) electrons. The molecule has 0 bridgehead atoms. The summed E-state index contributed by atoms with van der Waals surface area (Å²) in [6.07, 6.45) is 2.51. The number of nitrogens with zero attached hydrogens (tertiary/aromatic N) is 1. The molecule has 1 aliphatic rings. The second-order valence-corrected chi connectivity index (χ2v) is 7.85. The first kappa shape index (κ1) is 15.1. The molecular formula is C14H21NO4S. The highest BCUT2D eigenvalue weighted by atomic mass is 32.2. The van der Waals surface area contributed by atoms with E-state index >= 15 is 0 Å². The van der Waals surface area contributed by atoms with Crippen molar-refractivity contribution in [1.29, 1.82) is 0 Å². The van der Waals surface area contributed by atoms with Gasteiger partial charge in [-0.2, -0.15) is 0 Å². The average molecular weight is 299 g/mol. The third-order valence-corrected chi connectivity index (χ3v) is 5.85. The zero-order valence-electron chi connectivity index (χ0n) is 11.9. The van der Waals surface area contributed by atoms with E-state index < -0.39 is 9.84 Å². The van der Waals surface area contributed by atoms with E-state index in [1.807, 2.05) is 13.8 Å². The fraction of sp³-hybridized carbons (Fsp3) is 0.643. The lowest BCUT2D eigenvalue weighted by atomic mass is 10.1. The summed E-state index contributed by atoms with van der Waals surface area (Å²) in [5, 5.41) is -0.371. The Morgan fingerprint density at radius 3 is 2.55 bits per heavy atom. The lowest BCUT2D eigenvalue weighted by molar-refractivity contribution is -0.135. The van der Waals surface area contributed by atoms with Crippen molar-refractivity contribution in [2.45, 2.75) is 37.7 Å². The lowest BCUT2D eigenvalue weighted by Gasteiger charge is -2.32. The summed E-state index contributed by atoms with van der Waals surface area (Å²) < 4.78 is 29.7. The van der Waals surface area contributed by atoms with E-state index in [9.17, 15) is 13.2 Å². The quantitative estimate of drug-likeness (QED) is 0.851. The molecule has 0 spiro atoms. The van der Waals surface area contributed by atoms with Gasteiger partial charge in [-0.05, 0) is 25.0 Å². The lowest BCUT2D eigenvalue weighted by Crippen LogP contribution is -2.44. The second kappa shape index (κ2) is 5.99. The van der Waals surface area contributed by atoms with Crippen LogP contribution in [0.2, 0.25) is 0 Å². The number of hydrogen-bond acceptors (Lipinski definition) is 4. The van der Waals surface area contributed by atoms with Crippen molar-refractivity contribution in [3.8, 4) is 0 Å². The van der Waals surface area contributed by atoms with E-state index in [0.717, 1.165) is 0 Å². The second-order valence-electron chi connectivity index (χ2n) is 5.57. The fourth-order valence-corrected chi connectivity index (χ4v) is 4.24. The molecule has 112 valence electrons. The summed E-state index contributed by atoms with van der Waals surface area (Å²) in [5.74, 6) is 0.492. The number of piperidine rings is 1.